The maximum atomic E-state index is 15.0. The van der Waals surface area contributed by atoms with Gasteiger partial charge in [-0.05, 0) is 57.3 Å². The zero-order valence-corrected chi connectivity index (χ0v) is 20.7. The molecule has 0 atom stereocenters. The Morgan fingerprint density at radius 3 is 1.68 bits per heavy atom. The quantitative estimate of drug-likeness (QED) is 0.208. The van der Waals surface area contributed by atoms with Gasteiger partial charge in [0.15, 0.2) is 23.6 Å². The highest BCUT2D eigenvalue weighted by molar-refractivity contribution is 5.35. The van der Waals surface area contributed by atoms with Gasteiger partial charge in [-0.15, -0.1) is 0 Å². The van der Waals surface area contributed by atoms with Crippen LogP contribution in [0.2, 0.25) is 0 Å². The van der Waals surface area contributed by atoms with Crippen molar-refractivity contribution in [3.05, 3.63) is 36.1 Å². The van der Waals surface area contributed by atoms with Crippen LogP contribution in [0.4, 0.5) is 43.9 Å². The molecule has 0 heterocycles. The van der Waals surface area contributed by atoms with Gasteiger partial charge in [0.1, 0.15) is 5.75 Å². The van der Waals surface area contributed by atoms with E-state index in [0.717, 1.165) is 12.8 Å². The van der Waals surface area contributed by atoms with Crippen molar-refractivity contribution in [2.45, 2.75) is 89.1 Å². The SMILES string of the molecule is CCCC1CCC(C(F)(F)C(F)(F)C2CCC(C(F)(F)Oc3cc(F)c(OC=C(F)F)c(F)c3)CC2)CC1. The molecule has 0 unspecified atom stereocenters. The van der Waals surface area contributed by atoms with Crippen molar-refractivity contribution in [2.24, 2.45) is 23.7 Å². The van der Waals surface area contributed by atoms with E-state index >= 15 is 8.78 Å². The van der Waals surface area contributed by atoms with Crippen LogP contribution in [0.25, 0.3) is 0 Å². The topological polar surface area (TPSA) is 18.5 Å². The van der Waals surface area contributed by atoms with E-state index in [2.05, 4.69) is 9.47 Å². The Kier molecular flexibility index (Phi) is 9.55. The normalized spacial score (nSPS) is 25.1. The molecule has 2 aliphatic carbocycles. The first-order valence-electron chi connectivity index (χ1n) is 12.7. The number of halogens is 10. The van der Waals surface area contributed by atoms with Gasteiger partial charge in [0.25, 0.3) is 0 Å². The van der Waals surface area contributed by atoms with Crippen molar-refractivity contribution < 1.29 is 53.4 Å². The minimum atomic E-state index is -4.37. The minimum Gasteiger partial charge on any atom is -0.453 e. The summed E-state index contributed by atoms with van der Waals surface area (Å²) < 4.78 is 150. The Hall–Kier alpha value is -2.14. The summed E-state index contributed by atoms with van der Waals surface area (Å²) in [6, 6.07) is 0.595. The maximum Gasteiger partial charge on any atom is 0.400 e. The fraction of sp³-hybridized carbons (Fsp3) is 0.692. The van der Waals surface area contributed by atoms with E-state index in [1.54, 1.807) is 0 Å². The number of alkyl halides is 6. The zero-order valence-electron chi connectivity index (χ0n) is 20.7. The minimum absolute atomic E-state index is 0.00946. The average Bonchev–Trinajstić information content (AvgIpc) is 2.83. The van der Waals surface area contributed by atoms with E-state index in [4.69, 9.17) is 0 Å². The van der Waals surface area contributed by atoms with E-state index in [0.29, 0.717) is 25.0 Å². The van der Waals surface area contributed by atoms with Crippen LogP contribution in [-0.4, -0.2) is 18.0 Å². The van der Waals surface area contributed by atoms with Crippen molar-refractivity contribution >= 4 is 0 Å². The lowest BCUT2D eigenvalue weighted by Gasteiger charge is -2.42. The van der Waals surface area contributed by atoms with Gasteiger partial charge in [-0.3, -0.25) is 0 Å². The third kappa shape index (κ3) is 6.70. The van der Waals surface area contributed by atoms with Gasteiger partial charge in [-0.1, -0.05) is 19.8 Å². The molecular weight excluding hydrogens is 534 g/mol. The van der Waals surface area contributed by atoms with Gasteiger partial charge >= 0.3 is 24.0 Å². The summed E-state index contributed by atoms with van der Waals surface area (Å²) in [6.45, 7) is 1.97. The summed E-state index contributed by atoms with van der Waals surface area (Å²) in [6.07, 6.45) is -6.40. The monoisotopic (exact) mass is 564 g/mol. The van der Waals surface area contributed by atoms with Crippen LogP contribution in [0.15, 0.2) is 24.5 Å². The summed E-state index contributed by atoms with van der Waals surface area (Å²) in [5.74, 6) is -18.8. The average molecular weight is 565 g/mol. The van der Waals surface area contributed by atoms with Gasteiger partial charge in [0, 0.05) is 24.0 Å². The molecule has 2 saturated carbocycles. The summed E-state index contributed by atoms with van der Waals surface area (Å²) in [5.41, 5.74) is 0. The third-order valence-corrected chi connectivity index (χ3v) is 7.71. The van der Waals surface area contributed by atoms with Crippen LogP contribution < -0.4 is 9.47 Å². The lowest BCUT2D eigenvalue weighted by Crippen LogP contribution is -2.53. The summed E-state index contributed by atoms with van der Waals surface area (Å²) >= 11 is 0. The number of ether oxygens (including phenoxy) is 2. The van der Waals surface area contributed by atoms with Crippen molar-refractivity contribution in [1.29, 1.82) is 0 Å². The Bertz CT molecular complexity index is 938. The zero-order chi connectivity index (χ0) is 28.3. The van der Waals surface area contributed by atoms with E-state index in [-0.39, 0.29) is 25.0 Å². The van der Waals surface area contributed by atoms with Crippen LogP contribution in [-0.2, 0) is 0 Å². The fourth-order valence-corrected chi connectivity index (χ4v) is 5.61. The molecular formula is C26H30F10O2. The molecule has 2 fully saturated rings. The molecule has 0 bridgehead atoms. The van der Waals surface area contributed by atoms with Crippen molar-refractivity contribution in [2.75, 3.05) is 0 Å². The molecule has 1 aromatic carbocycles. The first-order chi connectivity index (χ1) is 17.7. The fourth-order valence-electron chi connectivity index (χ4n) is 5.61. The Morgan fingerprint density at radius 1 is 0.789 bits per heavy atom. The standard InChI is InChI=1S/C26H30F10O2/c1-2-3-15-4-6-16(7-5-15)24(31,32)25(33,34)17-8-10-18(11-9-17)26(35,36)38-19-12-20(27)23(21(28)13-19)37-14-22(29)30/h12-18H,2-11H2,1H3. The number of rotatable bonds is 10. The highest BCUT2D eigenvalue weighted by atomic mass is 19.3. The van der Waals surface area contributed by atoms with Crippen molar-refractivity contribution in [1.82, 2.24) is 0 Å². The smallest absolute Gasteiger partial charge is 0.400 e. The molecule has 0 amide bonds. The largest absolute Gasteiger partial charge is 0.453 e. The second-order valence-electron chi connectivity index (χ2n) is 10.2. The van der Waals surface area contributed by atoms with Gasteiger partial charge in [-0.2, -0.15) is 35.1 Å². The summed E-state index contributed by atoms with van der Waals surface area (Å²) in [5, 5.41) is 0. The molecule has 216 valence electrons. The molecule has 3 rings (SSSR count). The van der Waals surface area contributed by atoms with Crippen molar-refractivity contribution in [3.63, 3.8) is 0 Å². The van der Waals surface area contributed by atoms with Crippen LogP contribution >= 0.6 is 0 Å². The highest BCUT2D eigenvalue weighted by Gasteiger charge is 2.64. The van der Waals surface area contributed by atoms with Crippen LogP contribution in [0, 0.1) is 35.3 Å². The third-order valence-electron chi connectivity index (χ3n) is 7.71. The predicted octanol–water partition coefficient (Wildman–Crippen LogP) is 9.74. The Labute approximate surface area is 214 Å². The molecule has 0 spiro atoms. The second kappa shape index (κ2) is 11.9. The van der Waals surface area contributed by atoms with Crippen LogP contribution in [0.5, 0.6) is 11.5 Å². The lowest BCUT2D eigenvalue weighted by molar-refractivity contribution is -0.277. The molecule has 0 aromatic heterocycles. The van der Waals surface area contributed by atoms with Crippen LogP contribution in [0.1, 0.15) is 71.1 Å². The van der Waals surface area contributed by atoms with Crippen LogP contribution in [0.3, 0.4) is 0 Å². The summed E-state index contributed by atoms with van der Waals surface area (Å²) in [4.78, 5) is 0. The van der Waals surface area contributed by atoms with Gasteiger partial charge in [0.2, 0.25) is 0 Å². The second-order valence-corrected chi connectivity index (χ2v) is 10.2. The molecule has 12 heteroatoms. The molecule has 1 aromatic rings. The summed E-state index contributed by atoms with van der Waals surface area (Å²) in [7, 11) is 0. The molecule has 0 saturated heterocycles. The molecule has 0 radical (unpaired) electrons. The van der Waals surface area contributed by atoms with Crippen molar-refractivity contribution in [3.8, 4) is 11.5 Å². The van der Waals surface area contributed by atoms with Gasteiger partial charge in [0.05, 0.1) is 5.92 Å². The van der Waals surface area contributed by atoms with Gasteiger partial charge in [-0.25, -0.2) is 8.78 Å². The molecule has 0 aliphatic heterocycles. The predicted molar refractivity (Wildman–Crippen MR) is 119 cm³/mol. The first-order valence-corrected chi connectivity index (χ1v) is 12.7. The van der Waals surface area contributed by atoms with Gasteiger partial charge < -0.3 is 9.47 Å². The number of hydrogen-bond acceptors (Lipinski definition) is 2. The number of hydrogen-bond donors (Lipinski definition) is 0. The Morgan fingerprint density at radius 2 is 1.24 bits per heavy atom. The van der Waals surface area contributed by atoms with E-state index in [1.807, 2.05) is 6.92 Å². The van der Waals surface area contributed by atoms with E-state index < -0.39 is 90.6 Å². The lowest BCUT2D eigenvalue weighted by atomic mass is 9.71. The number of benzene rings is 1. The molecule has 0 N–H and O–H groups in total. The first kappa shape index (κ1) is 30.4. The molecule has 38 heavy (non-hydrogen) atoms. The highest BCUT2D eigenvalue weighted by Crippen LogP contribution is 2.54. The Balaban J connectivity index is 1.62. The maximum absolute atomic E-state index is 15.0. The molecule has 2 nitrogen and oxygen atoms in total. The molecule has 2 aliphatic rings. The van der Waals surface area contributed by atoms with E-state index in [9.17, 15) is 35.1 Å². The van der Waals surface area contributed by atoms with E-state index in [1.165, 1.54) is 0 Å².